The standard InChI is InChI=1S/C26H20N6/c1-3-7-21(8-4-1)31-27-17-23-15-13-19-11-12-20-14-16-24(30-26(20)25(19)29-23)18-28-32-22-9-5-2-6-10-22/h1-18,31-32H/b27-17+,28-18+. The Morgan fingerprint density at radius 1 is 0.500 bits per heavy atom. The Kier molecular flexibility index (Phi) is 5.49. The summed E-state index contributed by atoms with van der Waals surface area (Å²) in [7, 11) is 0. The van der Waals surface area contributed by atoms with Crippen molar-refractivity contribution in [3.63, 3.8) is 0 Å². The second-order valence-corrected chi connectivity index (χ2v) is 7.15. The molecular formula is C26H20N6. The van der Waals surface area contributed by atoms with Gasteiger partial charge >= 0.3 is 0 Å². The molecule has 0 unspecified atom stereocenters. The van der Waals surface area contributed by atoms with Crippen LogP contribution in [0.5, 0.6) is 0 Å². The van der Waals surface area contributed by atoms with Crippen molar-refractivity contribution in [1.82, 2.24) is 9.97 Å². The van der Waals surface area contributed by atoms with Crippen LogP contribution in [-0.4, -0.2) is 22.4 Å². The summed E-state index contributed by atoms with van der Waals surface area (Å²) < 4.78 is 0. The van der Waals surface area contributed by atoms with Gasteiger partial charge in [-0.3, -0.25) is 10.9 Å². The van der Waals surface area contributed by atoms with Gasteiger partial charge in [-0.25, -0.2) is 9.97 Å². The molecule has 32 heavy (non-hydrogen) atoms. The molecule has 3 aromatic carbocycles. The second-order valence-electron chi connectivity index (χ2n) is 7.15. The first-order valence-electron chi connectivity index (χ1n) is 10.2. The third kappa shape index (κ3) is 4.44. The van der Waals surface area contributed by atoms with E-state index in [0.717, 1.165) is 44.6 Å². The van der Waals surface area contributed by atoms with Crippen molar-refractivity contribution in [3.05, 3.63) is 108 Å². The highest BCUT2D eigenvalue weighted by Gasteiger charge is 2.05. The third-order valence-corrected chi connectivity index (χ3v) is 4.89. The molecule has 6 nitrogen and oxygen atoms in total. The fourth-order valence-corrected chi connectivity index (χ4v) is 3.31. The first-order chi connectivity index (χ1) is 15.8. The van der Waals surface area contributed by atoms with Crippen LogP contribution in [0.3, 0.4) is 0 Å². The summed E-state index contributed by atoms with van der Waals surface area (Å²) in [4.78, 5) is 9.58. The van der Waals surface area contributed by atoms with E-state index in [1.165, 1.54) is 0 Å². The van der Waals surface area contributed by atoms with Crippen molar-refractivity contribution in [1.29, 1.82) is 0 Å². The van der Waals surface area contributed by atoms with Gasteiger partial charge in [0.05, 0.1) is 46.2 Å². The molecule has 5 aromatic rings. The van der Waals surface area contributed by atoms with E-state index in [-0.39, 0.29) is 0 Å². The van der Waals surface area contributed by atoms with Gasteiger partial charge in [-0.1, -0.05) is 60.7 Å². The van der Waals surface area contributed by atoms with Gasteiger partial charge in [0, 0.05) is 10.8 Å². The van der Waals surface area contributed by atoms with E-state index in [9.17, 15) is 0 Å². The van der Waals surface area contributed by atoms with Crippen LogP contribution in [0.2, 0.25) is 0 Å². The van der Waals surface area contributed by atoms with Crippen LogP contribution in [0, 0.1) is 0 Å². The molecule has 5 rings (SSSR count). The first kappa shape index (κ1) is 19.4. The van der Waals surface area contributed by atoms with E-state index in [2.05, 4.69) is 33.2 Å². The molecule has 2 heterocycles. The molecule has 0 amide bonds. The zero-order valence-electron chi connectivity index (χ0n) is 17.2. The van der Waals surface area contributed by atoms with Crippen LogP contribution in [0.15, 0.2) is 107 Å². The molecule has 0 bridgehead atoms. The zero-order chi connectivity index (χ0) is 21.6. The van der Waals surface area contributed by atoms with Crippen molar-refractivity contribution in [2.45, 2.75) is 0 Å². The number of nitrogens with zero attached hydrogens (tertiary/aromatic N) is 4. The lowest BCUT2D eigenvalue weighted by molar-refractivity contribution is 1.30. The smallest absolute Gasteiger partial charge is 0.0972 e. The maximum atomic E-state index is 4.79. The number of para-hydroxylation sites is 2. The van der Waals surface area contributed by atoms with Crippen LogP contribution < -0.4 is 10.9 Å². The lowest BCUT2D eigenvalue weighted by Crippen LogP contribution is -1.96. The molecule has 0 aliphatic carbocycles. The molecule has 0 atom stereocenters. The maximum Gasteiger partial charge on any atom is 0.0972 e. The van der Waals surface area contributed by atoms with E-state index in [1.54, 1.807) is 12.4 Å². The van der Waals surface area contributed by atoms with Gasteiger partial charge in [-0.15, -0.1) is 0 Å². The van der Waals surface area contributed by atoms with E-state index >= 15 is 0 Å². The average Bonchev–Trinajstić information content (AvgIpc) is 2.85. The Bertz CT molecular complexity index is 1300. The molecule has 0 radical (unpaired) electrons. The average molecular weight is 416 g/mol. The van der Waals surface area contributed by atoms with E-state index in [0.29, 0.717) is 0 Å². The molecule has 2 N–H and O–H groups in total. The lowest BCUT2D eigenvalue weighted by Gasteiger charge is -2.05. The fraction of sp³-hybridized carbons (Fsp3) is 0. The molecule has 0 aliphatic heterocycles. The Hall–Kier alpha value is -4.58. The van der Waals surface area contributed by atoms with Gasteiger partial charge in [0.2, 0.25) is 0 Å². The molecule has 0 fully saturated rings. The molecule has 0 saturated heterocycles. The molecule has 0 aliphatic rings. The number of benzene rings is 3. The Morgan fingerprint density at radius 3 is 1.34 bits per heavy atom. The van der Waals surface area contributed by atoms with Crippen molar-refractivity contribution in [2.75, 3.05) is 10.9 Å². The van der Waals surface area contributed by atoms with E-state index in [1.807, 2.05) is 84.9 Å². The number of anilines is 2. The number of hydrazone groups is 2. The minimum absolute atomic E-state index is 0.750. The van der Waals surface area contributed by atoms with Gasteiger partial charge in [0.25, 0.3) is 0 Å². The number of rotatable bonds is 6. The normalized spacial score (nSPS) is 11.5. The van der Waals surface area contributed by atoms with Crippen LogP contribution >= 0.6 is 0 Å². The Balaban J connectivity index is 1.43. The summed E-state index contributed by atoms with van der Waals surface area (Å²) in [5, 5.41) is 10.6. The molecule has 6 heteroatoms. The number of hydrogen-bond acceptors (Lipinski definition) is 6. The summed E-state index contributed by atoms with van der Waals surface area (Å²) in [5.74, 6) is 0. The quantitative estimate of drug-likeness (QED) is 0.212. The van der Waals surface area contributed by atoms with Crippen molar-refractivity contribution in [2.24, 2.45) is 10.2 Å². The minimum Gasteiger partial charge on any atom is -0.278 e. The van der Waals surface area contributed by atoms with E-state index in [4.69, 9.17) is 9.97 Å². The van der Waals surface area contributed by atoms with Gasteiger partial charge in [-0.2, -0.15) is 10.2 Å². The molecule has 2 aromatic heterocycles. The van der Waals surface area contributed by atoms with Crippen LogP contribution in [-0.2, 0) is 0 Å². The summed E-state index contributed by atoms with van der Waals surface area (Å²) in [6, 6.07) is 31.7. The van der Waals surface area contributed by atoms with Crippen molar-refractivity contribution >= 4 is 45.6 Å². The largest absolute Gasteiger partial charge is 0.278 e. The highest BCUT2D eigenvalue weighted by Crippen LogP contribution is 2.22. The van der Waals surface area contributed by atoms with Gasteiger partial charge in [-0.05, 0) is 36.4 Å². The predicted molar refractivity (Wildman–Crippen MR) is 132 cm³/mol. The minimum atomic E-state index is 0.750. The number of aromatic nitrogens is 2. The molecule has 154 valence electrons. The highest BCUT2D eigenvalue weighted by molar-refractivity contribution is 6.04. The number of fused-ring (bicyclic) bond motifs is 3. The zero-order valence-corrected chi connectivity index (χ0v) is 17.2. The Morgan fingerprint density at radius 2 is 0.906 bits per heavy atom. The van der Waals surface area contributed by atoms with Gasteiger partial charge in [0.1, 0.15) is 0 Å². The maximum absolute atomic E-state index is 4.79. The first-order valence-corrected chi connectivity index (χ1v) is 10.2. The predicted octanol–water partition coefficient (Wildman–Crippen LogP) is 5.68. The number of nitrogens with one attached hydrogen (secondary N) is 2. The van der Waals surface area contributed by atoms with Crippen LogP contribution in [0.25, 0.3) is 21.8 Å². The van der Waals surface area contributed by atoms with Gasteiger partial charge < -0.3 is 0 Å². The summed E-state index contributed by atoms with van der Waals surface area (Å²) in [6.45, 7) is 0. The lowest BCUT2D eigenvalue weighted by atomic mass is 10.1. The number of hydrogen-bond donors (Lipinski definition) is 2. The van der Waals surface area contributed by atoms with Gasteiger partial charge in [0.15, 0.2) is 0 Å². The topological polar surface area (TPSA) is 74.6 Å². The number of pyridine rings is 2. The van der Waals surface area contributed by atoms with Crippen molar-refractivity contribution in [3.8, 4) is 0 Å². The Labute approximate surface area is 185 Å². The van der Waals surface area contributed by atoms with Crippen molar-refractivity contribution < 1.29 is 0 Å². The molecule has 0 saturated carbocycles. The van der Waals surface area contributed by atoms with E-state index < -0.39 is 0 Å². The summed E-state index contributed by atoms with van der Waals surface area (Å²) >= 11 is 0. The molecule has 0 spiro atoms. The highest BCUT2D eigenvalue weighted by atomic mass is 15.3. The monoisotopic (exact) mass is 416 g/mol. The third-order valence-electron chi connectivity index (χ3n) is 4.89. The fourth-order valence-electron chi connectivity index (χ4n) is 3.31. The summed E-state index contributed by atoms with van der Waals surface area (Å²) in [6.07, 6.45) is 3.42. The molecular weight excluding hydrogens is 396 g/mol. The van der Waals surface area contributed by atoms with Crippen LogP contribution in [0.4, 0.5) is 11.4 Å². The van der Waals surface area contributed by atoms with Crippen LogP contribution in [0.1, 0.15) is 11.4 Å². The SMILES string of the molecule is C(=N\Nc1ccccc1)/c1ccc2ccc3ccc(/C=N/Nc4ccccc4)nc3c2n1. The summed E-state index contributed by atoms with van der Waals surface area (Å²) in [5.41, 5.74) is 11.0. The second kappa shape index (κ2) is 9.06.